The summed E-state index contributed by atoms with van der Waals surface area (Å²) in [4.78, 5) is 14.0. The first-order valence-electron chi connectivity index (χ1n) is 4.72. The number of hydrogen-bond donors (Lipinski definition) is 2. The largest absolute Gasteiger partial charge is 0.389 e. The van der Waals surface area contributed by atoms with E-state index in [0.29, 0.717) is 0 Å². The Hall–Kier alpha value is -0.690. The molecule has 0 amide bonds. The first-order chi connectivity index (χ1) is 7.91. The summed E-state index contributed by atoms with van der Waals surface area (Å²) in [6.07, 6.45) is -1.63. The predicted molar refractivity (Wildman–Crippen MR) is 63.3 cm³/mol. The van der Waals surface area contributed by atoms with Crippen LogP contribution >= 0.6 is 23.4 Å². The SMILES string of the molecule is CC(=O)SCC(O)C(O)c1cc(Cl)cnc1F. The van der Waals surface area contributed by atoms with Crippen LogP contribution in [0.1, 0.15) is 18.6 Å². The molecule has 1 aromatic heterocycles. The Morgan fingerprint density at radius 2 is 2.29 bits per heavy atom. The van der Waals surface area contributed by atoms with Gasteiger partial charge in [-0.3, -0.25) is 4.79 Å². The van der Waals surface area contributed by atoms with Crippen molar-refractivity contribution < 1.29 is 19.4 Å². The monoisotopic (exact) mass is 279 g/mol. The highest BCUT2D eigenvalue weighted by Crippen LogP contribution is 2.24. The maximum absolute atomic E-state index is 13.3. The molecular formula is C10H11ClFNO3S. The Balaban J connectivity index is 2.77. The van der Waals surface area contributed by atoms with Crippen molar-refractivity contribution in [2.24, 2.45) is 0 Å². The molecule has 0 bridgehead atoms. The lowest BCUT2D eigenvalue weighted by Crippen LogP contribution is -2.22. The molecular weight excluding hydrogens is 269 g/mol. The van der Waals surface area contributed by atoms with Gasteiger partial charge in [0.05, 0.1) is 11.1 Å². The molecule has 4 nitrogen and oxygen atoms in total. The lowest BCUT2D eigenvalue weighted by Gasteiger charge is -2.17. The van der Waals surface area contributed by atoms with Gasteiger partial charge in [0.15, 0.2) is 5.12 Å². The van der Waals surface area contributed by atoms with Crippen LogP contribution in [0.15, 0.2) is 12.3 Å². The Kier molecular flexibility index (Phi) is 5.32. The summed E-state index contributed by atoms with van der Waals surface area (Å²) >= 11 is 6.46. The number of nitrogens with zero attached hydrogens (tertiary/aromatic N) is 1. The quantitative estimate of drug-likeness (QED) is 0.819. The Bertz CT molecular complexity index is 419. The minimum Gasteiger partial charge on any atom is -0.389 e. The van der Waals surface area contributed by atoms with Crippen LogP contribution in [0.4, 0.5) is 4.39 Å². The van der Waals surface area contributed by atoms with Crippen LogP contribution in [0.25, 0.3) is 0 Å². The second-order valence-corrected chi connectivity index (χ2v) is 4.98. The molecule has 1 heterocycles. The Morgan fingerprint density at radius 1 is 1.65 bits per heavy atom. The van der Waals surface area contributed by atoms with E-state index in [0.717, 1.165) is 18.0 Å². The van der Waals surface area contributed by atoms with Gasteiger partial charge in [0.2, 0.25) is 5.95 Å². The summed E-state index contributed by atoms with van der Waals surface area (Å²) in [6.45, 7) is 1.34. The number of carbonyl (C=O) groups excluding carboxylic acids is 1. The van der Waals surface area contributed by atoms with E-state index >= 15 is 0 Å². The van der Waals surface area contributed by atoms with Crippen LogP contribution in [0, 0.1) is 5.95 Å². The van der Waals surface area contributed by atoms with Crippen molar-refractivity contribution in [3.05, 3.63) is 28.8 Å². The molecule has 0 aliphatic rings. The molecule has 0 aromatic carbocycles. The predicted octanol–water partition coefficient (Wildman–Crippen LogP) is 1.55. The van der Waals surface area contributed by atoms with Crippen molar-refractivity contribution in [3.63, 3.8) is 0 Å². The van der Waals surface area contributed by atoms with Crippen molar-refractivity contribution in [1.29, 1.82) is 0 Å². The van der Waals surface area contributed by atoms with E-state index in [9.17, 15) is 19.4 Å². The number of thioether (sulfide) groups is 1. The van der Waals surface area contributed by atoms with Gasteiger partial charge in [-0.05, 0) is 6.07 Å². The first kappa shape index (κ1) is 14.4. The summed E-state index contributed by atoms with van der Waals surface area (Å²) in [7, 11) is 0. The minimum atomic E-state index is -1.46. The van der Waals surface area contributed by atoms with Crippen LogP contribution in [-0.2, 0) is 4.79 Å². The second-order valence-electron chi connectivity index (χ2n) is 3.35. The first-order valence-corrected chi connectivity index (χ1v) is 6.08. The number of aromatic nitrogens is 1. The van der Waals surface area contributed by atoms with E-state index < -0.39 is 18.2 Å². The molecule has 0 spiro atoms. The van der Waals surface area contributed by atoms with Gasteiger partial charge in [-0.25, -0.2) is 4.98 Å². The van der Waals surface area contributed by atoms with Crippen molar-refractivity contribution >= 4 is 28.5 Å². The zero-order valence-electron chi connectivity index (χ0n) is 8.93. The lowest BCUT2D eigenvalue weighted by atomic mass is 10.1. The van der Waals surface area contributed by atoms with Gasteiger partial charge in [-0.1, -0.05) is 23.4 Å². The average molecular weight is 280 g/mol. The number of hydrogen-bond acceptors (Lipinski definition) is 5. The molecule has 1 rings (SSSR count). The van der Waals surface area contributed by atoms with E-state index in [2.05, 4.69) is 4.98 Å². The van der Waals surface area contributed by atoms with Gasteiger partial charge < -0.3 is 10.2 Å². The number of carbonyl (C=O) groups is 1. The van der Waals surface area contributed by atoms with Crippen LogP contribution < -0.4 is 0 Å². The third-order valence-electron chi connectivity index (χ3n) is 1.97. The molecule has 2 atom stereocenters. The number of rotatable bonds is 4. The molecule has 17 heavy (non-hydrogen) atoms. The van der Waals surface area contributed by atoms with Gasteiger partial charge in [0.1, 0.15) is 6.10 Å². The maximum Gasteiger partial charge on any atom is 0.218 e. The zero-order chi connectivity index (χ0) is 13.0. The molecule has 0 radical (unpaired) electrons. The summed E-state index contributed by atoms with van der Waals surface area (Å²) in [5.41, 5.74) is -0.186. The molecule has 2 unspecified atom stereocenters. The van der Waals surface area contributed by atoms with Gasteiger partial charge in [-0.2, -0.15) is 4.39 Å². The zero-order valence-corrected chi connectivity index (χ0v) is 10.5. The Morgan fingerprint density at radius 3 is 2.88 bits per heavy atom. The van der Waals surface area contributed by atoms with E-state index in [4.69, 9.17) is 11.6 Å². The van der Waals surface area contributed by atoms with Crippen LogP contribution in [0.3, 0.4) is 0 Å². The fourth-order valence-corrected chi connectivity index (χ4v) is 1.90. The molecule has 2 N–H and O–H groups in total. The average Bonchev–Trinajstić information content (AvgIpc) is 2.28. The van der Waals surface area contributed by atoms with Gasteiger partial charge in [0, 0.05) is 24.4 Å². The van der Waals surface area contributed by atoms with Gasteiger partial charge >= 0.3 is 0 Å². The van der Waals surface area contributed by atoms with E-state index in [1.807, 2.05) is 0 Å². The molecule has 7 heteroatoms. The molecule has 0 saturated carbocycles. The van der Waals surface area contributed by atoms with Crippen LogP contribution in [0.5, 0.6) is 0 Å². The summed E-state index contributed by atoms with van der Waals surface area (Å²) in [6, 6.07) is 1.19. The molecule has 0 fully saturated rings. The highest BCUT2D eigenvalue weighted by Gasteiger charge is 2.23. The highest BCUT2D eigenvalue weighted by molar-refractivity contribution is 8.13. The van der Waals surface area contributed by atoms with Crippen molar-refractivity contribution in [2.45, 2.75) is 19.1 Å². The normalized spacial score (nSPS) is 14.4. The third kappa shape index (κ3) is 4.23. The van der Waals surface area contributed by atoms with E-state index in [-0.39, 0.29) is 21.5 Å². The van der Waals surface area contributed by atoms with Crippen LogP contribution in [-0.4, -0.2) is 32.2 Å². The van der Waals surface area contributed by atoms with Crippen molar-refractivity contribution in [1.82, 2.24) is 4.98 Å². The molecule has 0 aliphatic heterocycles. The number of aliphatic hydroxyl groups excluding tert-OH is 2. The number of halogens is 2. The fourth-order valence-electron chi connectivity index (χ4n) is 1.15. The summed E-state index contributed by atoms with van der Waals surface area (Å²) in [5.74, 6) is -0.920. The lowest BCUT2D eigenvalue weighted by molar-refractivity contribution is -0.109. The Labute approximate surface area is 107 Å². The smallest absolute Gasteiger partial charge is 0.218 e. The standard InChI is InChI=1S/C10H11ClFNO3S/c1-5(14)17-4-8(15)9(16)7-2-6(11)3-13-10(7)12/h2-3,8-9,15-16H,4H2,1H3. The van der Waals surface area contributed by atoms with Gasteiger partial charge in [-0.15, -0.1) is 0 Å². The summed E-state index contributed by atoms with van der Waals surface area (Å²) in [5, 5.41) is 19.2. The minimum absolute atomic E-state index is 0.0253. The molecule has 0 aliphatic carbocycles. The van der Waals surface area contributed by atoms with Crippen molar-refractivity contribution in [3.8, 4) is 0 Å². The number of pyridine rings is 1. The molecule has 94 valence electrons. The van der Waals surface area contributed by atoms with E-state index in [1.165, 1.54) is 13.0 Å². The van der Waals surface area contributed by atoms with E-state index in [1.54, 1.807) is 0 Å². The summed E-state index contributed by atoms with van der Waals surface area (Å²) < 4.78 is 13.3. The fraction of sp³-hybridized carbons (Fsp3) is 0.400. The van der Waals surface area contributed by atoms with Crippen LogP contribution in [0.2, 0.25) is 5.02 Å². The number of aliphatic hydroxyl groups is 2. The topological polar surface area (TPSA) is 70.4 Å². The third-order valence-corrected chi connectivity index (χ3v) is 3.09. The molecule has 1 aromatic rings. The second kappa shape index (κ2) is 6.30. The maximum atomic E-state index is 13.3. The van der Waals surface area contributed by atoms with Crippen molar-refractivity contribution in [2.75, 3.05) is 5.75 Å². The molecule has 0 saturated heterocycles. The highest BCUT2D eigenvalue weighted by atomic mass is 35.5. The van der Waals surface area contributed by atoms with Gasteiger partial charge in [0.25, 0.3) is 0 Å².